The van der Waals surface area contributed by atoms with Gasteiger partial charge in [0.25, 0.3) is 0 Å². The van der Waals surface area contributed by atoms with Crippen LogP contribution in [0, 0.1) is 0 Å². The molecule has 5 heteroatoms. The van der Waals surface area contributed by atoms with Crippen LogP contribution >= 0.6 is 0 Å². The second-order valence-corrected chi connectivity index (χ2v) is 5.46. The molecule has 1 aliphatic heterocycles. The Labute approximate surface area is 138 Å². The number of rotatable bonds is 12. The van der Waals surface area contributed by atoms with Crippen molar-refractivity contribution >= 4 is 0 Å². The molecule has 23 heavy (non-hydrogen) atoms. The third-order valence-corrected chi connectivity index (χ3v) is 3.51. The minimum atomic E-state index is -0.228. The lowest BCUT2D eigenvalue weighted by atomic mass is 10.2. The molecule has 130 valence electrons. The van der Waals surface area contributed by atoms with E-state index in [0.29, 0.717) is 39.6 Å². The Morgan fingerprint density at radius 2 is 1.70 bits per heavy atom. The van der Waals surface area contributed by atoms with Gasteiger partial charge in [-0.25, -0.2) is 0 Å². The van der Waals surface area contributed by atoms with Gasteiger partial charge in [0, 0.05) is 13.2 Å². The average Bonchev–Trinajstić information content (AvgIpc) is 2.61. The van der Waals surface area contributed by atoms with Gasteiger partial charge in [-0.2, -0.15) is 0 Å². The van der Waals surface area contributed by atoms with Crippen LogP contribution in [-0.4, -0.2) is 52.5 Å². The van der Waals surface area contributed by atoms with Gasteiger partial charge in [0.05, 0.1) is 39.6 Å². The Balaban J connectivity index is 1.30. The topological polar surface area (TPSA) is 46.2 Å². The maximum Gasteiger partial charge on any atom is 0.181 e. The molecule has 1 fully saturated rings. The van der Waals surface area contributed by atoms with E-state index in [-0.39, 0.29) is 6.29 Å². The van der Waals surface area contributed by atoms with Crippen LogP contribution in [0.1, 0.15) is 24.8 Å². The van der Waals surface area contributed by atoms with E-state index in [4.69, 9.17) is 23.7 Å². The third-order valence-electron chi connectivity index (χ3n) is 3.51. The predicted octanol–water partition coefficient (Wildman–Crippen LogP) is 2.78. The molecule has 1 aliphatic rings. The smallest absolute Gasteiger partial charge is 0.181 e. The molecule has 1 saturated heterocycles. The first-order chi connectivity index (χ1) is 11.4. The highest BCUT2D eigenvalue weighted by Crippen LogP contribution is 2.04. The Morgan fingerprint density at radius 1 is 0.870 bits per heavy atom. The van der Waals surface area contributed by atoms with Gasteiger partial charge in [-0.05, 0) is 24.8 Å². The van der Waals surface area contributed by atoms with E-state index in [0.717, 1.165) is 32.5 Å². The monoisotopic (exact) mass is 324 g/mol. The second kappa shape index (κ2) is 12.4. The van der Waals surface area contributed by atoms with Gasteiger partial charge in [-0.3, -0.25) is 0 Å². The van der Waals surface area contributed by atoms with Crippen molar-refractivity contribution in [3.8, 4) is 0 Å². The molecule has 0 aliphatic carbocycles. The van der Waals surface area contributed by atoms with Gasteiger partial charge < -0.3 is 23.7 Å². The van der Waals surface area contributed by atoms with E-state index < -0.39 is 0 Å². The third kappa shape index (κ3) is 9.03. The van der Waals surface area contributed by atoms with Crippen molar-refractivity contribution in [3.05, 3.63) is 35.9 Å². The molecule has 0 N–H and O–H groups in total. The summed E-state index contributed by atoms with van der Waals surface area (Å²) < 4.78 is 27.3. The van der Waals surface area contributed by atoms with Crippen molar-refractivity contribution in [3.63, 3.8) is 0 Å². The van der Waals surface area contributed by atoms with Crippen LogP contribution in [0.15, 0.2) is 30.3 Å². The van der Waals surface area contributed by atoms with E-state index in [9.17, 15) is 0 Å². The van der Waals surface area contributed by atoms with Crippen molar-refractivity contribution < 1.29 is 23.7 Å². The van der Waals surface area contributed by atoms with Crippen LogP contribution in [0.2, 0.25) is 0 Å². The number of unbranched alkanes of at least 4 members (excludes halogenated alkanes) is 2. The zero-order valence-corrected chi connectivity index (χ0v) is 13.8. The lowest BCUT2D eigenvalue weighted by molar-refractivity contribution is -0.215. The Bertz CT molecular complexity index is 378. The minimum Gasteiger partial charge on any atom is -0.379 e. The molecule has 0 spiro atoms. The lowest BCUT2D eigenvalue weighted by Gasteiger charge is -2.22. The molecule has 0 aromatic heterocycles. The quantitative estimate of drug-likeness (QED) is 0.553. The molecule has 2 rings (SSSR count). The minimum absolute atomic E-state index is 0.228. The van der Waals surface area contributed by atoms with E-state index in [1.54, 1.807) is 0 Å². The van der Waals surface area contributed by atoms with E-state index >= 15 is 0 Å². The van der Waals surface area contributed by atoms with Gasteiger partial charge in [0.2, 0.25) is 0 Å². The first kappa shape index (κ1) is 18.4. The fourth-order valence-corrected chi connectivity index (χ4v) is 2.25. The molecular weight excluding hydrogens is 296 g/mol. The number of benzene rings is 1. The molecule has 1 heterocycles. The molecule has 0 radical (unpaired) electrons. The fourth-order valence-electron chi connectivity index (χ4n) is 2.25. The highest BCUT2D eigenvalue weighted by atomic mass is 16.7. The SMILES string of the molecule is c1ccc(COCCCCCOCCOC2COCCO2)cc1. The first-order valence-corrected chi connectivity index (χ1v) is 8.45. The fraction of sp³-hybridized carbons (Fsp3) is 0.667. The number of hydrogen-bond donors (Lipinski definition) is 0. The zero-order chi connectivity index (χ0) is 16.0. The maximum absolute atomic E-state index is 5.65. The summed E-state index contributed by atoms with van der Waals surface area (Å²) >= 11 is 0. The Kier molecular flexibility index (Phi) is 9.93. The first-order valence-electron chi connectivity index (χ1n) is 8.45. The van der Waals surface area contributed by atoms with Gasteiger partial charge in [-0.15, -0.1) is 0 Å². The Morgan fingerprint density at radius 3 is 2.48 bits per heavy atom. The summed E-state index contributed by atoms with van der Waals surface area (Å²) in [5.41, 5.74) is 1.23. The van der Waals surface area contributed by atoms with Crippen LogP contribution in [0.25, 0.3) is 0 Å². The van der Waals surface area contributed by atoms with Crippen molar-refractivity contribution in [2.75, 3.05) is 46.2 Å². The number of hydrogen-bond acceptors (Lipinski definition) is 5. The van der Waals surface area contributed by atoms with Crippen LogP contribution < -0.4 is 0 Å². The van der Waals surface area contributed by atoms with Crippen LogP contribution in [0.4, 0.5) is 0 Å². The molecule has 1 unspecified atom stereocenters. The standard InChI is InChI=1S/C18H28O5/c1-3-7-17(8-4-1)15-20-10-6-2-5-9-19-11-13-22-18-16-21-12-14-23-18/h1,3-4,7-8,18H,2,5-6,9-16H2. The summed E-state index contributed by atoms with van der Waals surface area (Å²) in [6.07, 6.45) is 3.02. The zero-order valence-electron chi connectivity index (χ0n) is 13.8. The van der Waals surface area contributed by atoms with Gasteiger partial charge in [0.15, 0.2) is 6.29 Å². The van der Waals surface area contributed by atoms with Crippen molar-refractivity contribution in [1.82, 2.24) is 0 Å². The van der Waals surface area contributed by atoms with Gasteiger partial charge in [0.1, 0.15) is 0 Å². The summed E-state index contributed by atoms with van der Waals surface area (Å²) in [5.74, 6) is 0. The second-order valence-electron chi connectivity index (χ2n) is 5.46. The summed E-state index contributed by atoms with van der Waals surface area (Å²) in [7, 11) is 0. The summed E-state index contributed by atoms with van der Waals surface area (Å²) in [5, 5.41) is 0. The molecular formula is C18H28O5. The van der Waals surface area contributed by atoms with Gasteiger partial charge >= 0.3 is 0 Å². The van der Waals surface area contributed by atoms with Crippen LogP contribution in [0.3, 0.4) is 0 Å². The highest BCUT2D eigenvalue weighted by molar-refractivity contribution is 5.13. The van der Waals surface area contributed by atoms with E-state index in [1.165, 1.54) is 5.56 Å². The maximum atomic E-state index is 5.65. The largest absolute Gasteiger partial charge is 0.379 e. The average molecular weight is 324 g/mol. The van der Waals surface area contributed by atoms with Crippen molar-refractivity contribution in [2.45, 2.75) is 32.2 Å². The Hall–Kier alpha value is -0.980. The van der Waals surface area contributed by atoms with Crippen LogP contribution in [-0.2, 0) is 30.3 Å². The molecule has 1 atom stereocenters. The van der Waals surface area contributed by atoms with E-state index in [1.807, 2.05) is 18.2 Å². The summed E-state index contributed by atoms with van der Waals surface area (Å²) in [4.78, 5) is 0. The van der Waals surface area contributed by atoms with Gasteiger partial charge in [-0.1, -0.05) is 30.3 Å². The predicted molar refractivity (Wildman–Crippen MR) is 87.3 cm³/mol. The van der Waals surface area contributed by atoms with E-state index in [2.05, 4.69) is 12.1 Å². The number of ether oxygens (including phenoxy) is 5. The van der Waals surface area contributed by atoms with Crippen molar-refractivity contribution in [1.29, 1.82) is 0 Å². The molecule has 5 nitrogen and oxygen atoms in total. The lowest BCUT2D eigenvalue weighted by Crippen LogP contribution is -2.31. The summed E-state index contributed by atoms with van der Waals surface area (Å²) in [6, 6.07) is 10.3. The molecule has 0 bridgehead atoms. The molecule has 0 saturated carbocycles. The molecule has 0 amide bonds. The summed E-state index contributed by atoms with van der Waals surface area (Å²) in [6.45, 7) is 5.20. The molecule has 1 aromatic rings. The van der Waals surface area contributed by atoms with Crippen molar-refractivity contribution in [2.24, 2.45) is 0 Å². The van der Waals surface area contributed by atoms with Crippen LogP contribution in [0.5, 0.6) is 0 Å². The molecule has 1 aromatic carbocycles. The highest BCUT2D eigenvalue weighted by Gasteiger charge is 2.13. The normalized spacial score (nSPS) is 18.2.